The fourth-order valence-electron chi connectivity index (χ4n) is 1.36. The Bertz CT molecular complexity index is 340. The molecule has 0 heterocycles. The van der Waals surface area contributed by atoms with Crippen LogP contribution in [0.25, 0.3) is 0 Å². The first-order chi connectivity index (χ1) is 7.76. The van der Waals surface area contributed by atoms with Gasteiger partial charge in [-0.25, -0.2) is 0 Å². The first-order valence-corrected chi connectivity index (χ1v) is 5.36. The summed E-state index contributed by atoms with van der Waals surface area (Å²) in [6.45, 7) is 1.23. The second-order valence-electron chi connectivity index (χ2n) is 3.52. The highest BCUT2D eigenvalue weighted by atomic mass is 16.5. The van der Waals surface area contributed by atoms with Gasteiger partial charge in [-0.15, -0.1) is 0 Å². The van der Waals surface area contributed by atoms with Crippen LogP contribution in [0.15, 0.2) is 24.3 Å². The van der Waals surface area contributed by atoms with Gasteiger partial charge in [-0.1, -0.05) is 12.1 Å². The van der Waals surface area contributed by atoms with Crippen LogP contribution in [0.1, 0.15) is 12.0 Å². The van der Waals surface area contributed by atoms with Gasteiger partial charge in [0.2, 0.25) is 5.91 Å². The van der Waals surface area contributed by atoms with Crippen molar-refractivity contribution in [3.63, 3.8) is 0 Å². The van der Waals surface area contributed by atoms with Gasteiger partial charge in [0.25, 0.3) is 0 Å². The third-order valence-electron chi connectivity index (χ3n) is 2.20. The fourth-order valence-corrected chi connectivity index (χ4v) is 1.36. The highest BCUT2D eigenvalue weighted by molar-refractivity contribution is 5.78. The van der Waals surface area contributed by atoms with Gasteiger partial charge >= 0.3 is 0 Å². The van der Waals surface area contributed by atoms with E-state index < -0.39 is 0 Å². The standard InChI is InChI=1S/C12H18N2O2/c1-16-11-5-2-4-10(8-11)9-12(15)14-7-3-6-13/h2,4-5,8H,3,6-7,9,13H2,1H3,(H,14,15). The Hall–Kier alpha value is -1.55. The molecule has 0 spiro atoms. The molecular weight excluding hydrogens is 204 g/mol. The summed E-state index contributed by atoms with van der Waals surface area (Å²) in [6, 6.07) is 7.50. The molecule has 0 saturated heterocycles. The van der Waals surface area contributed by atoms with Crippen LogP contribution in [-0.4, -0.2) is 26.1 Å². The van der Waals surface area contributed by atoms with Gasteiger partial charge < -0.3 is 15.8 Å². The zero-order valence-electron chi connectivity index (χ0n) is 9.53. The predicted molar refractivity (Wildman–Crippen MR) is 63.4 cm³/mol. The van der Waals surface area contributed by atoms with Gasteiger partial charge in [-0.3, -0.25) is 4.79 Å². The number of methoxy groups -OCH3 is 1. The molecular formula is C12H18N2O2. The minimum absolute atomic E-state index is 0.0155. The highest BCUT2D eigenvalue weighted by Gasteiger charge is 2.03. The van der Waals surface area contributed by atoms with Crippen molar-refractivity contribution < 1.29 is 9.53 Å². The van der Waals surface area contributed by atoms with Crippen LogP contribution in [0.4, 0.5) is 0 Å². The fraction of sp³-hybridized carbons (Fsp3) is 0.417. The van der Waals surface area contributed by atoms with Crippen LogP contribution < -0.4 is 15.8 Å². The van der Waals surface area contributed by atoms with Crippen molar-refractivity contribution in [3.05, 3.63) is 29.8 Å². The average molecular weight is 222 g/mol. The Labute approximate surface area is 95.8 Å². The molecule has 3 N–H and O–H groups in total. The summed E-state index contributed by atoms with van der Waals surface area (Å²) >= 11 is 0. The maximum absolute atomic E-state index is 11.5. The molecule has 0 aromatic heterocycles. The molecule has 1 amide bonds. The minimum Gasteiger partial charge on any atom is -0.497 e. The third kappa shape index (κ3) is 4.31. The summed E-state index contributed by atoms with van der Waals surface area (Å²) < 4.78 is 5.09. The molecule has 0 bridgehead atoms. The molecule has 1 rings (SSSR count). The first-order valence-electron chi connectivity index (χ1n) is 5.36. The van der Waals surface area contributed by atoms with Crippen molar-refractivity contribution >= 4 is 5.91 Å². The maximum Gasteiger partial charge on any atom is 0.224 e. The molecule has 0 fully saturated rings. The number of ether oxygens (including phenoxy) is 1. The first kappa shape index (κ1) is 12.5. The number of carbonyl (C=O) groups excluding carboxylic acids is 1. The van der Waals surface area contributed by atoms with E-state index in [1.54, 1.807) is 7.11 Å². The third-order valence-corrected chi connectivity index (χ3v) is 2.20. The smallest absolute Gasteiger partial charge is 0.224 e. The maximum atomic E-state index is 11.5. The van der Waals surface area contributed by atoms with Gasteiger partial charge in [-0.05, 0) is 30.7 Å². The van der Waals surface area contributed by atoms with Crippen LogP contribution in [0.3, 0.4) is 0 Å². The van der Waals surface area contributed by atoms with Crippen LogP contribution >= 0.6 is 0 Å². The highest BCUT2D eigenvalue weighted by Crippen LogP contribution is 2.12. The lowest BCUT2D eigenvalue weighted by molar-refractivity contribution is -0.120. The molecule has 0 aliphatic carbocycles. The van der Waals surface area contributed by atoms with Crippen molar-refractivity contribution in [1.82, 2.24) is 5.32 Å². The zero-order valence-corrected chi connectivity index (χ0v) is 9.53. The largest absolute Gasteiger partial charge is 0.497 e. The molecule has 0 saturated carbocycles. The van der Waals surface area contributed by atoms with Gasteiger partial charge in [-0.2, -0.15) is 0 Å². The number of nitrogens with one attached hydrogen (secondary N) is 1. The van der Waals surface area contributed by atoms with E-state index in [1.807, 2.05) is 24.3 Å². The number of benzene rings is 1. The molecule has 0 aliphatic rings. The van der Waals surface area contributed by atoms with Gasteiger partial charge in [0.05, 0.1) is 13.5 Å². The van der Waals surface area contributed by atoms with Gasteiger partial charge in [0.1, 0.15) is 5.75 Å². The normalized spacial score (nSPS) is 9.88. The van der Waals surface area contributed by atoms with Crippen molar-refractivity contribution in [1.29, 1.82) is 0 Å². The molecule has 4 heteroatoms. The lowest BCUT2D eigenvalue weighted by Crippen LogP contribution is -2.27. The van der Waals surface area contributed by atoms with E-state index in [1.165, 1.54) is 0 Å². The molecule has 4 nitrogen and oxygen atoms in total. The van der Waals surface area contributed by atoms with E-state index in [0.29, 0.717) is 19.5 Å². The number of nitrogens with two attached hydrogens (primary N) is 1. The van der Waals surface area contributed by atoms with Crippen LogP contribution in [0.2, 0.25) is 0 Å². The average Bonchev–Trinajstić information content (AvgIpc) is 2.29. The Kier molecular flexibility index (Phi) is 5.36. The molecule has 0 aliphatic heterocycles. The Morgan fingerprint density at radius 2 is 2.31 bits per heavy atom. The summed E-state index contributed by atoms with van der Waals surface area (Å²) in [5.41, 5.74) is 6.29. The summed E-state index contributed by atoms with van der Waals surface area (Å²) in [4.78, 5) is 11.5. The summed E-state index contributed by atoms with van der Waals surface area (Å²) in [7, 11) is 1.61. The van der Waals surface area contributed by atoms with Crippen molar-refractivity contribution in [3.8, 4) is 5.75 Å². The number of hydrogen-bond donors (Lipinski definition) is 2. The lowest BCUT2D eigenvalue weighted by Gasteiger charge is -2.05. The van der Waals surface area contributed by atoms with E-state index in [-0.39, 0.29) is 5.91 Å². The van der Waals surface area contributed by atoms with Crippen LogP contribution in [0.5, 0.6) is 5.75 Å². The molecule has 0 unspecified atom stereocenters. The number of hydrogen-bond acceptors (Lipinski definition) is 3. The van der Waals surface area contributed by atoms with E-state index in [9.17, 15) is 4.79 Å². The quantitative estimate of drug-likeness (QED) is 0.696. The zero-order chi connectivity index (χ0) is 11.8. The van der Waals surface area contributed by atoms with E-state index in [2.05, 4.69) is 5.32 Å². The van der Waals surface area contributed by atoms with Crippen molar-refractivity contribution in [2.24, 2.45) is 5.73 Å². The molecule has 0 atom stereocenters. The van der Waals surface area contributed by atoms with Crippen molar-refractivity contribution in [2.75, 3.05) is 20.2 Å². The van der Waals surface area contributed by atoms with E-state index >= 15 is 0 Å². The second kappa shape index (κ2) is 6.85. The Morgan fingerprint density at radius 1 is 1.50 bits per heavy atom. The number of amides is 1. The SMILES string of the molecule is COc1cccc(CC(=O)NCCCN)c1. The molecule has 16 heavy (non-hydrogen) atoms. The molecule has 1 aromatic carbocycles. The van der Waals surface area contributed by atoms with E-state index in [0.717, 1.165) is 17.7 Å². The summed E-state index contributed by atoms with van der Waals surface area (Å²) in [5.74, 6) is 0.786. The number of carbonyl (C=O) groups is 1. The molecule has 88 valence electrons. The monoisotopic (exact) mass is 222 g/mol. The topological polar surface area (TPSA) is 64.3 Å². The van der Waals surface area contributed by atoms with Gasteiger partial charge in [0.15, 0.2) is 0 Å². The van der Waals surface area contributed by atoms with Crippen LogP contribution in [0, 0.1) is 0 Å². The Morgan fingerprint density at radius 3 is 3.00 bits per heavy atom. The second-order valence-corrected chi connectivity index (χ2v) is 3.52. The minimum atomic E-state index is 0.0155. The predicted octanol–water partition coefficient (Wildman–Crippen LogP) is 0.703. The van der Waals surface area contributed by atoms with Gasteiger partial charge in [0, 0.05) is 6.54 Å². The molecule has 0 radical (unpaired) electrons. The van der Waals surface area contributed by atoms with Crippen LogP contribution in [-0.2, 0) is 11.2 Å². The summed E-state index contributed by atoms with van der Waals surface area (Å²) in [5, 5.41) is 2.81. The number of rotatable bonds is 6. The van der Waals surface area contributed by atoms with Crippen molar-refractivity contribution in [2.45, 2.75) is 12.8 Å². The Balaban J connectivity index is 2.43. The van der Waals surface area contributed by atoms with E-state index in [4.69, 9.17) is 10.5 Å². The summed E-state index contributed by atoms with van der Waals surface area (Å²) in [6.07, 6.45) is 1.19. The lowest BCUT2D eigenvalue weighted by atomic mass is 10.1. The molecule has 1 aromatic rings.